The molecule has 7 heteroatoms. The van der Waals surface area contributed by atoms with E-state index in [-0.39, 0.29) is 10.8 Å². The van der Waals surface area contributed by atoms with Crippen molar-refractivity contribution in [2.75, 3.05) is 33.4 Å². The van der Waals surface area contributed by atoms with Gasteiger partial charge in [-0.05, 0) is 70.0 Å². The molecule has 3 atom stereocenters. The van der Waals surface area contributed by atoms with Gasteiger partial charge in [0, 0.05) is 12.5 Å². The molecule has 0 amide bonds. The monoisotopic (exact) mass is 447 g/mol. The minimum Gasteiger partial charge on any atom is -0.494 e. The lowest BCUT2D eigenvalue weighted by atomic mass is 9.92. The molecule has 1 aromatic rings. The average molecular weight is 448 g/mol. The molecule has 0 N–H and O–H groups in total. The van der Waals surface area contributed by atoms with Crippen molar-refractivity contribution in [3.8, 4) is 11.5 Å². The first kappa shape index (κ1) is 22.2. The van der Waals surface area contributed by atoms with Gasteiger partial charge in [-0.25, -0.2) is 8.42 Å². The Morgan fingerprint density at radius 2 is 2.00 bits per heavy atom. The lowest BCUT2D eigenvalue weighted by molar-refractivity contribution is 0.134. The largest absolute Gasteiger partial charge is 0.494 e. The van der Waals surface area contributed by atoms with E-state index in [4.69, 9.17) is 14.2 Å². The van der Waals surface area contributed by atoms with Crippen LogP contribution in [0.2, 0.25) is 0 Å². The molecule has 1 aromatic carbocycles. The van der Waals surface area contributed by atoms with Crippen LogP contribution in [-0.2, 0) is 14.6 Å². The standard InChI is InChI=1S/C24H33NO5S/c1-18-23(30-24-21(28-2)8-6-9-22(24)31(18,26)27)19-10-12-20(13-11-19)29-17-7-16-25-14-4-3-5-15-25/h6,8-10,12-13,18-19,23H,3-5,7,11,14-17H2,1-2H3/t18-,19?,23+/m0/s1. The van der Waals surface area contributed by atoms with Crippen LogP contribution in [0.1, 0.15) is 39.0 Å². The smallest absolute Gasteiger partial charge is 0.188 e. The van der Waals surface area contributed by atoms with Crippen molar-refractivity contribution in [2.45, 2.75) is 55.3 Å². The number of sulfone groups is 1. The van der Waals surface area contributed by atoms with E-state index in [1.165, 1.54) is 39.5 Å². The molecule has 6 nitrogen and oxygen atoms in total. The highest BCUT2D eigenvalue weighted by molar-refractivity contribution is 7.92. The number of fused-ring (bicyclic) bond motifs is 1. The fraction of sp³-hybridized carbons (Fsp3) is 0.583. The first-order valence-electron chi connectivity index (χ1n) is 11.3. The molecule has 0 bridgehead atoms. The molecule has 170 valence electrons. The van der Waals surface area contributed by atoms with Crippen LogP contribution >= 0.6 is 0 Å². The van der Waals surface area contributed by atoms with Gasteiger partial charge in [0.05, 0.1) is 13.7 Å². The number of nitrogens with zero attached hydrogens (tertiary/aromatic N) is 1. The normalized spacial score (nSPS) is 27.7. The van der Waals surface area contributed by atoms with Gasteiger partial charge in [0.15, 0.2) is 21.3 Å². The molecule has 0 spiro atoms. The molecule has 31 heavy (non-hydrogen) atoms. The van der Waals surface area contributed by atoms with Crippen LogP contribution < -0.4 is 9.47 Å². The number of methoxy groups -OCH3 is 1. The molecule has 2 heterocycles. The Morgan fingerprint density at radius 1 is 1.19 bits per heavy atom. The second kappa shape index (κ2) is 9.65. The summed E-state index contributed by atoms with van der Waals surface area (Å²) >= 11 is 0. The second-order valence-corrected chi connectivity index (χ2v) is 10.9. The van der Waals surface area contributed by atoms with Crippen LogP contribution in [0.4, 0.5) is 0 Å². The molecule has 3 aliphatic rings. The minimum absolute atomic E-state index is 0.0384. The van der Waals surface area contributed by atoms with Crippen molar-refractivity contribution in [1.29, 1.82) is 0 Å². The Balaban J connectivity index is 1.35. The molecule has 0 aromatic heterocycles. The minimum atomic E-state index is -3.49. The Kier molecular flexibility index (Phi) is 6.92. The van der Waals surface area contributed by atoms with Crippen LogP contribution in [0.3, 0.4) is 0 Å². The number of likely N-dealkylation sites (tertiary alicyclic amines) is 1. The summed E-state index contributed by atoms with van der Waals surface area (Å²) in [6.07, 6.45) is 11.2. The van der Waals surface area contributed by atoms with Crippen LogP contribution in [0, 0.1) is 5.92 Å². The quantitative estimate of drug-likeness (QED) is 0.590. The van der Waals surface area contributed by atoms with Crippen molar-refractivity contribution in [2.24, 2.45) is 5.92 Å². The second-order valence-electron chi connectivity index (χ2n) is 8.59. The number of allylic oxidation sites excluding steroid dienone is 2. The topological polar surface area (TPSA) is 65.1 Å². The first-order chi connectivity index (χ1) is 15.0. The van der Waals surface area contributed by atoms with Crippen LogP contribution in [0.15, 0.2) is 47.1 Å². The maximum atomic E-state index is 13.1. The van der Waals surface area contributed by atoms with E-state index in [1.54, 1.807) is 25.1 Å². The zero-order valence-corrected chi connectivity index (χ0v) is 19.3. The van der Waals surface area contributed by atoms with Crippen molar-refractivity contribution < 1.29 is 22.6 Å². The summed E-state index contributed by atoms with van der Waals surface area (Å²) in [6, 6.07) is 5.00. The number of hydrogen-bond donors (Lipinski definition) is 0. The van der Waals surface area contributed by atoms with E-state index in [0.717, 1.165) is 18.7 Å². The molecule has 1 fully saturated rings. The molecule has 4 rings (SSSR count). The number of piperidine rings is 1. The van der Waals surface area contributed by atoms with Gasteiger partial charge in [-0.2, -0.15) is 0 Å². The Hall–Kier alpha value is -1.99. The van der Waals surface area contributed by atoms with E-state index < -0.39 is 21.2 Å². The van der Waals surface area contributed by atoms with Gasteiger partial charge in [0.2, 0.25) is 0 Å². The van der Waals surface area contributed by atoms with Gasteiger partial charge >= 0.3 is 0 Å². The fourth-order valence-electron chi connectivity index (χ4n) is 4.67. The van der Waals surface area contributed by atoms with Crippen molar-refractivity contribution in [3.63, 3.8) is 0 Å². The van der Waals surface area contributed by atoms with Crippen molar-refractivity contribution in [1.82, 2.24) is 4.90 Å². The summed E-state index contributed by atoms with van der Waals surface area (Å²) in [6.45, 7) is 5.94. The van der Waals surface area contributed by atoms with Crippen LogP contribution in [-0.4, -0.2) is 58.0 Å². The maximum absolute atomic E-state index is 13.1. The lowest BCUT2D eigenvalue weighted by Gasteiger charge is -2.36. The van der Waals surface area contributed by atoms with Crippen molar-refractivity contribution in [3.05, 3.63) is 42.2 Å². The van der Waals surface area contributed by atoms with E-state index in [9.17, 15) is 8.42 Å². The molecule has 2 aliphatic heterocycles. The molecule has 1 saturated heterocycles. The Labute approximate surface area is 185 Å². The Morgan fingerprint density at radius 3 is 2.71 bits per heavy atom. The zero-order chi connectivity index (χ0) is 21.8. The SMILES string of the molecule is COc1cccc2c1O[C@@H](C1C=CC(OCCCN3CCCCC3)=CC1)[C@H](C)S2(=O)=O. The molecule has 1 unspecified atom stereocenters. The Bertz CT molecular complexity index is 933. The highest BCUT2D eigenvalue weighted by Gasteiger charge is 2.43. The maximum Gasteiger partial charge on any atom is 0.188 e. The van der Waals surface area contributed by atoms with Crippen LogP contribution in [0.25, 0.3) is 0 Å². The summed E-state index contributed by atoms with van der Waals surface area (Å²) in [5.41, 5.74) is 0. The third-order valence-corrected chi connectivity index (χ3v) is 8.71. The van der Waals surface area contributed by atoms with Gasteiger partial charge in [0.1, 0.15) is 22.0 Å². The summed E-state index contributed by atoms with van der Waals surface area (Å²) in [5, 5.41) is -0.637. The van der Waals surface area contributed by atoms with Gasteiger partial charge in [0.25, 0.3) is 0 Å². The molecule has 1 aliphatic carbocycles. The third kappa shape index (κ3) is 4.77. The summed E-state index contributed by atoms with van der Waals surface area (Å²) in [7, 11) is -1.96. The average Bonchev–Trinajstić information content (AvgIpc) is 2.80. The number of para-hydroxylation sites is 1. The van der Waals surface area contributed by atoms with E-state index in [1.807, 2.05) is 18.2 Å². The summed E-state index contributed by atoms with van der Waals surface area (Å²) in [5.74, 6) is 1.60. The fourth-order valence-corrected chi connectivity index (χ4v) is 6.36. The number of rotatable bonds is 7. The predicted molar refractivity (Wildman–Crippen MR) is 120 cm³/mol. The van der Waals surface area contributed by atoms with Crippen LogP contribution in [0.5, 0.6) is 11.5 Å². The van der Waals surface area contributed by atoms with Gasteiger partial charge in [-0.3, -0.25) is 0 Å². The molecular weight excluding hydrogens is 414 g/mol. The number of ether oxygens (including phenoxy) is 3. The van der Waals surface area contributed by atoms with E-state index in [0.29, 0.717) is 24.5 Å². The number of hydrogen-bond acceptors (Lipinski definition) is 6. The van der Waals surface area contributed by atoms with Gasteiger partial charge < -0.3 is 19.1 Å². The van der Waals surface area contributed by atoms with Crippen molar-refractivity contribution >= 4 is 9.84 Å². The molecular formula is C24H33NO5S. The summed E-state index contributed by atoms with van der Waals surface area (Å²) in [4.78, 5) is 2.73. The highest BCUT2D eigenvalue weighted by atomic mass is 32.2. The lowest BCUT2D eigenvalue weighted by Crippen LogP contribution is -2.44. The third-order valence-electron chi connectivity index (χ3n) is 6.53. The molecule has 0 saturated carbocycles. The predicted octanol–water partition coefficient (Wildman–Crippen LogP) is 3.97. The summed E-state index contributed by atoms with van der Waals surface area (Å²) < 4.78 is 43.7. The first-order valence-corrected chi connectivity index (χ1v) is 12.9. The van der Waals surface area contributed by atoms with Gasteiger partial charge in [-0.15, -0.1) is 0 Å². The molecule has 0 radical (unpaired) electrons. The number of benzene rings is 1. The van der Waals surface area contributed by atoms with E-state index in [2.05, 4.69) is 4.90 Å². The van der Waals surface area contributed by atoms with Gasteiger partial charge in [-0.1, -0.05) is 18.6 Å². The van der Waals surface area contributed by atoms with E-state index >= 15 is 0 Å². The zero-order valence-electron chi connectivity index (χ0n) is 18.5. The highest BCUT2D eigenvalue weighted by Crippen LogP contribution is 2.43.